The SMILES string of the molecule is N#Cc1ccc(CN(CN2CC=Cc3ccccc32)S(=O)(=O)c2ccc(Cl)cc2)cc1. The zero-order valence-corrected chi connectivity index (χ0v) is 18.2. The summed E-state index contributed by atoms with van der Waals surface area (Å²) in [6, 6.07) is 23.2. The Bertz CT molecular complexity index is 1250. The molecule has 1 aliphatic rings. The number of hydrogen-bond acceptors (Lipinski definition) is 4. The van der Waals surface area contributed by atoms with Gasteiger partial charge >= 0.3 is 0 Å². The van der Waals surface area contributed by atoms with Crippen molar-refractivity contribution < 1.29 is 8.42 Å². The molecule has 3 aromatic carbocycles. The van der Waals surface area contributed by atoms with Crippen molar-refractivity contribution in [3.05, 3.63) is 101 Å². The first-order valence-corrected chi connectivity index (χ1v) is 11.5. The molecular formula is C24H20ClN3O2S. The fourth-order valence-corrected chi connectivity index (χ4v) is 5.02. The number of sulfonamides is 1. The first kappa shape index (κ1) is 21.1. The molecule has 1 aliphatic heterocycles. The summed E-state index contributed by atoms with van der Waals surface area (Å²) in [6.07, 6.45) is 4.07. The molecule has 0 bridgehead atoms. The fraction of sp³-hybridized carbons (Fsp3) is 0.125. The van der Waals surface area contributed by atoms with Crippen LogP contribution in [0.1, 0.15) is 16.7 Å². The molecular weight excluding hydrogens is 430 g/mol. The van der Waals surface area contributed by atoms with Crippen LogP contribution in [0.3, 0.4) is 0 Å². The number of fused-ring (bicyclic) bond motifs is 1. The number of hydrogen-bond donors (Lipinski definition) is 0. The fourth-order valence-electron chi connectivity index (χ4n) is 3.50. The third-order valence-corrected chi connectivity index (χ3v) is 7.17. The van der Waals surface area contributed by atoms with Gasteiger partial charge in [-0.25, -0.2) is 8.42 Å². The van der Waals surface area contributed by atoms with Crippen LogP contribution in [0, 0.1) is 11.3 Å². The largest absolute Gasteiger partial charge is 0.353 e. The molecule has 3 aromatic rings. The van der Waals surface area contributed by atoms with Crippen molar-refractivity contribution in [3.8, 4) is 6.07 Å². The Morgan fingerprint density at radius 1 is 1.00 bits per heavy atom. The molecule has 0 N–H and O–H groups in total. The Kier molecular flexibility index (Phi) is 6.10. The molecule has 1 heterocycles. The third-order valence-electron chi connectivity index (χ3n) is 5.12. The van der Waals surface area contributed by atoms with Crippen molar-refractivity contribution in [2.75, 3.05) is 18.1 Å². The number of nitrogens with zero attached hydrogens (tertiary/aromatic N) is 3. The molecule has 0 saturated carbocycles. The molecule has 7 heteroatoms. The predicted molar refractivity (Wildman–Crippen MR) is 123 cm³/mol. The molecule has 156 valence electrons. The van der Waals surface area contributed by atoms with Gasteiger partial charge in [-0.2, -0.15) is 9.57 Å². The monoisotopic (exact) mass is 449 g/mol. The first-order chi connectivity index (χ1) is 15.0. The number of halogens is 1. The van der Waals surface area contributed by atoms with E-state index in [2.05, 4.69) is 6.07 Å². The molecule has 0 fully saturated rings. The maximum Gasteiger partial charge on any atom is 0.244 e. The van der Waals surface area contributed by atoms with Crippen molar-refractivity contribution in [3.63, 3.8) is 0 Å². The van der Waals surface area contributed by atoms with E-state index < -0.39 is 10.0 Å². The zero-order chi connectivity index (χ0) is 21.8. The molecule has 0 atom stereocenters. The second-order valence-corrected chi connectivity index (χ2v) is 9.58. The topological polar surface area (TPSA) is 64.4 Å². The van der Waals surface area contributed by atoms with Gasteiger partial charge in [0, 0.05) is 23.8 Å². The highest BCUT2D eigenvalue weighted by Gasteiger charge is 2.28. The van der Waals surface area contributed by atoms with Gasteiger partial charge in [0.15, 0.2) is 0 Å². The molecule has 0 radical (unpaired) electrons. The van der Waals surface area contributed by atoms with Crippen molar-refractivity contribution in [2.45, 2.75) is 11.4 Å². The number of rotatable bonds is 6. The highest BCUT2D eigenvalue weighted by molar-refractivity contribution is 7.89. The van der Waals surface area contributed by atoms with E-state index in [1.807, 2.05) is 41.3 Å². The van der Waals surface area contributed by atoms with E-state index in [-0.39, 0.29) is 18.1 Å². The Hall–Kier alpha value is -3.11. The third kappa shape index (κ3) is 4.64. The normalized spacial score (nSPS) is 13.1. The summed E-state index contributed by atoms with van der Waals surface area (Å²) in [5.74, 6) is 0. The number of benzene rings is 3. The summed E-state index contributed by atoms with van der Waals surface area (Å²) >= 11 is 5.96. The van der Waals surface area contributed by atoms with Crippen LogP contribution in [0.2, 0.25) is 5.02 Å². The van der Waals surface area contributed by atoms with Crippen molar-refractivity contribution >= 4 is 33.4 Å². The lowest BCUT2D eigenvalue weighted by atomic mass is 10.1. The van der Waals surface area contributed by atoms with Gasteiger partial charge in [0.1, 0.15) is 0 Å². The van der Waals surface area contributed by atoms with Gasteiger partial charge in [-0.15, -0.1) is 0 Å². The van der Waals surface area contributed by atoms with E-state index in [4.69, 9.17) is 16.9 Å². The molecule has 5 nitrogen and oxygen atoms in total. The minimum Gasteiger partial charge on any atom is -0.353 e. The van der Waals surface area contributed by atoms with Gasteiger partial charge in [0.2, 0.25) is 10.0 Å². The van der Waals surface area contributed by atoms with Crippen LogP contribution in [0.4, 0.5) is 5.69 Å². The summed E-state index contributed by atoms with van der Waals surface area (Å²) < 4.78 is 28.5. The van der Waals surface area contributed by atoms with Gasteiger partial charge < -0.3 is 4.90 Å². The minimum absolute atomic E-state index is 0.180. The van der Waals surface area contributed by atoms with E-state index in [1.54, 1.807) is 36.4 Å². The molecule has 0 aliphatic carbocycles. The Balaban J connectivity index is 1.69. The number of anilines is 1. The molecule has 0 spiro atoms. The highest BCUT2D eigenvalue weighted by atomic mass is 35.5. The van der Waals surface area contributed by atoms with Gasteiger partial charge in [0.05, 0.1) is 23.2 Å². The maximum absolute atomic E-state index is 13.5. The number of nitriles is 1. The van der Waals surface area contributed by atoms with Crippen LogP contribution in [0.15, 0.2) is 83.8 Å². The molecule has 0 amide bonds. The maximum atomic E-state index is 13.5. The van der Waals surface area contributed by atoms with Crippen molar-refractivity contribution in [1.29, 1.82) is 5.26 Å². The van der Waals surface area contributed by atoms with Crippen LogP contribution in [0.5, 0.6) is 0 Å². The van der Waals surface area contributed by atoms with Gasteiger partial charge in [-0.1, -0.05) is 54.1 Å². The summed E-state index contributed by atoms with van der Waals surface area (Å²) in [7, 11) is -3.79. The Morgan fingerprint density at radius 3 is 2.42 bits per heavy atom. The van der Waals surface area contributed by atoms with Crippen molar-refractivity contribution in [1.82, 2.24) is 4.31 Å². The van der Waals surface area contributed by atoms with E-state index >= 15 is 0 Å². The second kappa shape index (κ2) is 8.94. The minimum atomic E-state index is -3.79. The Labute approximate surface area is 187 Å². The lowest BCUT2D eigenvalue weighted by Crippen LogP contribution is -2.42. The summed E-state index contributed by atoms with van der Waals surface area (Å²) in [5, 5.41) is 9.52. The zero-order valence-electron chi connectivity index (χ0n) is 16.6. The van der Waals surface area contributed by atoms with Crippen molar-refractivity contribution in [2.24, 2.45) is 0 Å². The molecule has 31 heavy (non-hydrogen) atoms. The Morgan fingerprint density at radius 2 is 1.71 bits per heavy atom. The molecule has 0 saturated heterocycles. The van der Waals surface area contributed by atoms with Crippen LogP contribution in [-0.2, 0) is 16.6 Å². The smallest absolute Gasteiger partial charge is 0.244 e. The molecule has 4 rings (SSSR count). The molecule has 0 aromatic heterocycles. The summed E-state index contributed by atoms with van der Waals surface area (Å²) in [6.45, 7) is 0.975. The average molecular weight is 450 g/mol. The van der Waals surface area contributed by atoms with E-state index in [9.17, 15) is 8.42 Å². The first-order valence-electron chi connectivity index (χ1n) is 9.73. The van der Waals surface area contributed by atoms with Crippen LogP contribution >= 0.6 is 11.6 Å². The van der Waals surface area contributed by atoms with E-state index in [0.717, 1.165) is 16.8 Å². The predicted octanol–water partition coefficient (Wildman–Crippen LogP) is 4.89. The van der Waals surface area contributed by atoms with Gasteiger partial charge in [-0.3, -0.25) is 0 Å². The summed E-state index contributed by atoms with van der Waals surface area (Å²) in [5.41, 5.74) is 3.38. The lowest BCUT2D eigenvalue weighted by molar-refractivity contribution is 0.404. The molecule has 0 unspecified atom stereocenters. The van der Waals surface area contributed by atoms with Crippen LogP contribution in [-0.4, -0.2) is 25.9 Å². The van der Waals surface area contributed by atoms with E-state index in [1.165, 1.54) is 16.4 Å². The standard InChI is InChI=1S/C24H20ClN3O2S/c25-22-11-13-23(14-12-22)31(29,30)28(17-20-9-7-19(16-26)8-10-20)18-27-15-3-5-21-4-1-2-6-24(21)27/h1-14H,15,17-18H2. The average Bonchev–Trinajstić information content (AvgIpc) is 2.79. The van der Waals surface area contributed by atoms with Gasteiger partial charge in [0.25, 0.3) is 0 Å². The number of para-hydroxylation sites is 1. The summed E-state index contributed by atoms with van der Waals surface area (Å²) in [4.78, 5) is 2.22. The van der Waals surface area contributed by atoms with Crippen LogP contribution < -0.4 is 4.90 Å². The highest BCUT2D eigenvalue weighted by Crippen LogP contribution is 2.28. The lowest BCUT2D eigenvalue weighted by Gasteiger charge is -2.33. The van der Waals surface area contributed by atoms with Gasteiger partial charge in [-0.05, 0) is 53.6 Å². The second-order valence-electron chi connectivity index (χ2n) is 7.20. The van der Waals surface area contributed by atoms with Crippen LogP contribution in [0.25, 0.3) is 6.08 Å². The quantitative estimate of drug-likeness (QED) is 0.537. The van der Waals surface area contributed by atoms with E-state index in [0.29, 0.717) is 17.1 Å².